The van der Waals surface area contributed by atoms with Gasteiger partial charge in [0.15, 0.2) is 6.29 Å². The summed E-state index contributed by atoms with van der Waals surface area (Å²) in [6, 6.07) is 3.60. The van der Waals surface area contributed by atoms with E-state index in [-0.39, 0.29) is 17.9 Å². The van der Waals surface area contributed by atoms with E-state index in [1.807, 2.05) is 0 Å². The van der Waals surface area contributed by atoms with Crippen molar-refractivity contribution in [1.29, 1.82) is 0 Å². The predicted molar refractivity (Wildman–Crippen MR) is 92.0 cm³/mol. The lowest BCUT2D eigenvalue weighted by Gasteiger charge is -2.32. The summed E-state index contributed by atoms with van der Waals surface area (Å²) in [5.41, 5.74) is 5.34. The van der Waals surface area contributed by atoms with Crippen molar-refractivity contribution in [2.24, 2.45) is 5.73 Å². The standard InChI is InChI=1S/C13H17N3O6S2/c14-4-3-13(24-23,8-12-21-5-6-22-12)10-2-1-9(15(17)18)7-11(10)16(19)20/h1-2,7,12,23H,3-6,8,14H2. The Bertz CT molecular complexity index is 626. The van der Waals surface area contributed by atoms with Crippen LogP contribution < -0.4 is 5.73 Å². The number of nitro benzene ring substituents is 2. The highest BCUT2D eigenvalue weighted by Gasteiger charge is 2.41. The molecule has 24 heavy (non-hydrogen) atoms. The summed E-state index contributed by atoms with van der Waals surface area (Å²) in [7, 11) is 1.11. The molecule has 1 fully saturated rings. The third-order valence-electron chi connectivity index (χ3n) is 3.79. The van der Waals surface area contributed by atoms with Crippen LogP contribution in [0, 0.1) is 20.2 Å². The van der Waals surface area contributed by atoms with E-state index in [1.165, 1.54) is 12.1 Å². The third kappa shape index (κ3) is 3.98. The Hall–Kier alpha value is -1.40. The number of nitrogens with zero attached hydrogens (tertiary/aromatic N) is 2. The average Bonchev–Trinajstić information content (AvgIpc) is 3.06. The van der Waals surface area contributed by atoms with Crippen molar-refractivity contribution in [3.05, 3.63) is 44.0 Å². The molecule has 1 aromatic rings. The van der Waals surface area contributed by atoms with Crippen molar-refractivity contribution in [2.75, 3.05) is 19.8 Å². The fourth-order valence-corrected chi connectivity index (χ4v) is 4.16. The van der Waals surface area contributed by atoms with Crippen molar-refractivity contribution >= 4 is 33.8 Å². The zero-order valence-electron chi connectivity index (χ0n) is 12.6. The van der Waals surface area contributed by atoms with E-state index in [2.05, 4.69) is 11.7 Å². The first kappa shape index (κ1) is 18.9. The average molecular weight is 375 g/mol. The molecular weight excluding hydrogens is 358 g/mol. The molecule has 2 rings (SSSR count). The van der Waals surface area contributed by atoms with E-state index >= 15 is 0 Å². The van der Waals surface area contributed by atoms with Crippen LogP contribution in [0.25, 0.3) is 0 Å². The number of hydrogen-bond acceptors (Lipinski definition) is 9. The monoisotopic (exact) mass is 375 g/mol. The maximum absolute atomic E-state index is 11.5. The first-order valence-corrected chi connectivity index (χ1v) is 8.99. The SMILES string of the molecule is NCCC(CC1OCCO1)(SS)c1ccc([N+](=O)[O-])cc1[N+](=O)[O-]. The highest BCUT2D eigenvalue weighted by atomic mass is 33.1. The molecule has 9 nitrogen and oxygen atoms in total. The van der Waals surface area contributed by atoms with Crippen molar-refractivity contribution in [1.82, 2.24) is 0 Å². The molecule has 2 N–H and O–H groups in total. The van der Waals surface area contributed by atoms with Crippen LogP contribution in [0.5, 0.6) is 0 Å². The first-order valence-electron chi connectivity index (χ1n) is 7.12. The Kier molecular flexibility index (Phi) is 6.40. The van der Waals surface area contributed by atoms with Gasteiger partial charge >= 0.3 is 0 Å². The number of ether oxygens (including phenoxy) is 2. The third-order valence-corrected chi connectivity index (χ3v) is 5.78. The second kappa shape index (κ2) is 8.12. The summed E-state index contributed by atoms with van der Waals surface area (Å²) >= 11 is 4.30. The van der Waals surface area contributed by atoms with Crippen molar-refractivity contribution in [3.63, 3.8) is 0 Å². The Labute approximate surface area is 147 Å². The molecule has 0 bridgehead atoms. The van der Waals surface area contributed by atoms with E-state index in [4.69, 9.17) is 15.2 Å². The van der Waals surface area contributed by atoms with Gasteiger partial charge in [-0.05, 0) is 19.0 Å². The summed E-state index contributed by atoms with van der Waals surface area (Å²) < 4.78 is 10.0. The zero-order chi connectivity index (χ0) is 17.7. The van der Waals surface area contributed by atoms with Crippen LogP contribution >= 0.6 is 22.5 Å². The van der Waals surface area contributed by atoms with Crippen molar-refractivity contribution in [2.45, 2.75) is 23.9 Å². The molecule has 1 saturated heterocycles. The fraction of sp³-hybridized carbons (Fsp3) is 0.538. The van der Waals surface area contributed by atoms with Gasteiger partial charge < -0.3 is 15.2 Å². The molecule has 1 aliphatic heterocycles. The summed E-state index contributed by atoms with van der Waals surface area (Å²) in [5, 5.41) is 22.4. The van der Waals surface area contributed by atoms with E-state index in [9.17, 15) is 20.2 Å². The van der Waals surface area contributed by atoms with Crippen LogP contribution in [0.15, 0.2) is 18.2 Å². The van der Waals surface area contributed by atoms with E-state index < -0.39 is 20.9 Å². The van der Waals surface area contributed by atoms with Crippen LogP contribution in [0.1, 0.15) is 18.4 Å². The number of rotatable bonds is 8. The Morgan fingerprint density at radius 2 is 1.96 bits per heavy atom. The van der Waals surface area contributed by atoms with E-state index in [0.717, 1.165) is 16.9 Å². The van der Waals surface area contributed by atoms with Gasteiger partial charge in [-0.15, -0.1) is 11.7 Å². The van der Waals surface area contributed by atoms with Crippen LogP contribution in [0.4, 0.5) is 11.4 Å². The first-order chi connectivity index (χ1) is 11.4. The molecule has 1 heterocycles. The molecule has 0 saturated carbocycles. The number of non-ortho nitro benzene ring substituents is 1. The lowest BCUT2D eigenvalue weighted by atomic mass is 9.89. The molecule has 1 aliphatic rings. The van der Waals surface area contributed by atoms with Gasteiger partial charge in [-0.25, -0.2) is 0 Å². The van der Waals surface area contributed by atoms with Crippen LogP contribution in [-0.2, 0) is 14.2 Å². The molecule has 0 aromatic heterocycles. The minimum atomic E-state index is -0.857. The van der Waals surface area contributed by atoms with Crippen molar-refractivity contribution in [3.8, 4) is 0 Å². The second-order valence-corrected chi connectivity index (χ2v) is 6.73. The van der Waals surface area contributed by atoms with Crippen molar-refractivity contribution < 1.29 is 19.3 Å². The summed E-state index contributed by atoms with van der Waals surface area (Å²) in [6.45, 7) is 1.15. The van der Waals surface area contributed by atoms with Gasteiger partial charge in [0.1, 0.15) is 0 Å². The highest BCUT2D eigenvalue weighted by Crippen LogP contribution is 2.50. The molecule has 0 amide bonds. The Morgan fingerprint density at radius 1 is 1.29 bits per heavy atom. The molecule has 132 valence electrons. The van der Waals surface area contributed by atoms with Gasteiger partial charge in [-0.1, -0.05) is 10.8 Å². The zero-order valence-corrected chi connectivity index (χ0v) is 14.3. The summed E-state index contributed by atoms with van der Waals surface area (Å²) in [5.74, 6) is 0. The molecular formula is C13H17N3O6S2. The Balaban J connectivity index is 2.51. The predicted octanol–water partition coefficient (Wildman–Crippen LogP) is 2.39. The minimum Gasteiger partial charge on any atom is -0.350 e. The van der Waals surface area contributed by atoms with E-state index in [0.29, 0.717) is 31.6 Å². The second-order valence-electron chi connectivity index (χ2n) is 5.22. The lowest BCUT2D eigenvalue weighted by molar-refractivity contribution is -0.394. The van der Waals surface area contributed by atoms with Gasteiger partial charge in [0.2, 0.25) is 0 Å². The number of nitro groups is 2. The van der Waals surface area contributed by atoms with Gasteiger partial charge in [-0.2, -0.15) is 0 Å². The van der Waals surface area contributed by atoms with Crippen LogP contribution in [-0.4, -0.2) is 35.9 Å². The van der Waals surface area contributed by atoms with Gasteiger partial charge in [0.25, 0.3) is 11.4 Å². The number of thiol groups is 1. The van der Waals surface area contributed by atoms with Gasteiger partial charge in [0.05, 0.1) is 33.9 Å². The maximum atomic E-state index is 11.5. The quantitative estimate of drug-likeness (QED) is 0.306. The normalized spacial score (nSPS) is 17.6. The summed E-state index contributed by atoms with van der Waals surface area (Å²) in [4.78, 5) is 21.1. The highest BCUT2D eigenvalue weighted by molar-refractivity contribution is 8.69. The lowest BCUT2D eigenvalue weighted by Crippen LogP contribution is -2.31. The molecule has 11 heteroatoms. The molecule has 1 unspecified atom stereocenters. The van der Waals surface area contributed by atoms with Crippen LogP contribution in [0.2, 0.25) is 0 Å². The van der Waals surface area contributed by atoms with Gasteiger partial charge in [-0.3, -0.25) is 20.2 Å². The van der Waals surface area contributed by atoms with E-state index in [1.54, 1.807) is 0 Å². The maximum Gasteiger partial charge on any atom is 0.280 e. The molecule has 0 aliphatic carbocycles. The number of hydrogen-bond donors (Lipinski definition) is 2. The number of benzene rings is 1. The largest absolute Gasteiger partial charge is 0.350 e. The molecule has 0 spiro atoms. The topological polar surface area (TPSA) is 131 Å². The smallest absolute Gasteiger partial charge is 0.280 e. The number of nitrogens with two attached hydrogens (primary N) is 1. The molecule has 1 atom stereocenters. The molecule has 0 radical (unpaired) electrons. The minimum absolute atomic E-state index is 0.258. The van der Waals surface area contributed by atoms with Gasteiger partial charge in [0, 0.05) is 18.1 Å². The fourth-order valence-electron chi connectivity index (χ4n) is 2.68. The Morgan fingerprint density at radius 3 is 2.46 bits per heavy atom. The summed E-state index contributed by atoms with van der Waals surface area (Å²) in [6.07, 6.45) is 0.158. The molecule has 1 aromatic carbocycles. The van der Waals surface area contributed by atoms with Crippen LogP contribution in [0.3, 0.4) is 0 Å².